The van der Waals surface area contributed by atoms with Crippen molar-refractivity contribution in [2.75, 3.05) is 0 Å². The van der Waals surface area contributed by atoms with E-state index in [0.29, 0.717) is 13.0 Å². The molecule has 0 radical (unpaired) electrons. The van der Waals surface area contributed by atoms with Crippen LogP contribution in [-0.4, -0.2) is 30.2 Å². The van der Waals surface area contributed by atoms with Crippen LogP contribution in [0.4, 0.5) is 0 Å². The summed E-state index contributed by atoms with van der Waals surface area (Å²) in [5, 5.41) is 7.20. The zero-order valence-electron chi connectivity index (χ0n) is 15.0. The van der Waals surface area contributed by atoms with Crippen molar-refractivity contribution in [2.45, 2.75) is 25.9 Å². The van der Waals surface area contributed by atoms with Crippen molar-refractivity contribution in [3.05, 3.63) is 72.9 Å². The monoisotopic (exact) mass is 360 g/mol. The Labute approximate surface area is 156 Å². The van der Waals surface area contributed by atoms with E-state index in [9.17, 15) is 4.79 Å². The summed E-state index contributed by atoms with van der Waals surface area (Å²) in [6, 6.07) is 13.2. The van der Waals surface area contributed by atoms with Crippen LogP contribution in [0.15, 0.2) is 67.4 Å². The summed E-state index contributed by atoms with van der Waals surface area (Å²) in [5.41, 5.74) is 2.80. The molecule has 27 heavy (non-hydrogen) atoms. The highest BCUT2D eigenvalue weighted by molar-refractivity contribution is 5.80. The largest absolute Gasteiger partial charge is 0.350 e. The molecule has 0 bridgehead atoms. The third-order valence-corrected chi connectivity index (χ3v) is 4.54. The van der Waals surface area contributed by atoms with Crippen LogP contribution in [0.5, 0.6) is 0 Å². The fourth-order valence-electron chi connectivity index (χ4n) is 3.17. The molecule has 0 fully saturated rings. The lowest BCUT2D eigenvalue weighted by atomic mass is 10.2. The summed E-state index contributed by atoms with van der Waals surface area (Å²) in [6.07, 6.45) is 7.66. The number of nitrogens with one attached hydrogen (secondary N) is 1. The number of amides is 1. The Hall–Kier alpha value is -3.48. The molecular weight excluding hydrogens is 340 g/mol. The summed E-state index contributed by atoms with van der Waals surface area (Å²) in [4.78, 5) is 21.6. The molecule has 0 spiro atoms. The lowest BCUT2D eigenvalue weighted by Gasteiger charge is -2.16. The van der Waals surface area contributed by atoms with Crippen molar-refractivity contribution in [1.29, 1.82) is 0 Å². The van der Waals surface area contributed by atoms with Gasteiger partial charge in [-0.05, 0) is 30.7 Å². The summed E-state index contributed by atoms with van der Waals surface area (Å²) in [5.74, 6) is 0.699. The van der Waals surface area contributed by atoms with Crippen molar-refractivity contribution >= 4 is 16.9 Å². The molecule has 4 rings (SSSR count). The second kappa shape index (κ2) is 7.41. The molecular formula is C20H20N6O. The number of carbonyl (C=O) groups excluding carboxylic acids is 1. The maximum Gasteiger partial charge on any atom is 0.245 e. The van der Waals surface area contributed by atoms with Gasteiger partial charge in [-0.2, -0.15) is 5.10 Å². The first-order chi connectivity index (χ1) is 13.3. The van der Waals surface area contributed by atoms with E-state index in [0.717, 1.165) is 22.4 Å². The van der Waals surface area contributed by atoms with E-state index in [1.165, 1.54) is 0 Å². The molecule has 1 aromatic carbocycles. The van der Waals surface area contributed by atoms with E-state index in [4.69, 9.17) is 0 Å². The number of pyridine rings is 1. The molecule has 0 aliphatic carbocycles. The van der Waals surface area contributed by atoms with Crippen molar-refractivity contribution < 1.29 is 4.79 Å². The third-order valence-electron chi connectivity index (χ3n) is 4.54. The third kappa shape index (κ3) is 3.31. The molecule has 1 unspecified atom stereocenters. The number of hydrogen-bond acceptors (Lipinski definition) is 4. The van der Waals surface area contributed by atoms with Crippen molar-refractivity contribution in [3.8, 4) is 5.82 Å². The Morgan fingerprint density at radius 3 is 2.81 bits per heavy atom. The Morgan fingerprint density at radius 2 is 2.00 bits per heavy atom. The molecule has 136 valence electrons. The van der Waals surface area contributed by atoms with Gasteiger partial charge in [0, 0.05) is 30.7 Å². The minimum Gasteiger partial charge on any atom is -0.350 e. The lowest BCUT2D eigenvalue weighted by Crippen LogP contribution is -2.32. The summed E-state index contributed by atoms with van der Waals surface area (Å²) in [7, 11) is 0. The van der Waals surface area contributed by atoms with E-state index in [-0.39, 0.29) is 11.9 Å². The highest BCUT2D eigenvalue weighted by Crippen LogP contribution is 2.19. The first-order valence-electron chi connectivity index (χ1n) is 8.91. The van der Waals surface area contributed by atoms with Gasteiger partial charge in [0.25, 0.3) is 0 Å². The number of benzene rings is 1. The van der Waals surface area contributed by atoms with Crippen molar-refractivity contribution in [2.24, 2.45) is 0 Å². The molecule has 1 atom stereocenters. The number of aromatic nitrogens is 5. The highest BCUT2D eigenvalue weighted by atomic mass is 16.2. The molecule has 4 aromatic rings. The van der Waals surface area contributed by atoms with Crippen LogP contribution in [0.1, 0.15) is 24.9 Å². The first kappa shape index (κ1) is 17.0. The fourth-order valence-corrected chi connectivity index (χ4v) is 3.17. The van der Waals surface area contributed by atoms with Crippen LogP contribution in [0.2, 0.25) is 0 Å². The first-order valence-corrected chi connectivity index (χ1v) is 8.91. The van der Waals surface area contributed by atoms with Crippen LogP contribution in [0, 0.1) is 0 Å². The Balaban J connectivity index is 1.58. The van der Waals surface area contributed by atoms with Gasteiger partial charge in [-0.15, -0.1) is 0 Å². The molecule has 3 heterocycles. The summed E-state index contributed by atoms with van der Waals surface area (Å²) < 4.78 is 3.63. The quantitative estimate of drug-likeness (QED) is 0.573. The predicted octanol–water partition coefficient (Wildman–Crippen LogP) is 2.88. The number of rotatable bonds is 6. The average Bonchev–Trinajstić information content (AvgIpc) is 3.37. The van der Waals surface area contributed by atoms with Crippen LogP contribution in [0.3, 0.4) is 0 Å². The zero-order valence-corrected chi connectivity index (χ0v) is 15.0. The number of hydrogen-bond donors (Lipinski definition) is 1. The second-order valence-corrected chi connectivity index (χ2v) is 6.22. The smallest absolute Gasteiger partial charge is 0.245 e. The number of nitrogens with zero attached hydrogens (tertiary/aromatic N) is 5. The van der Waals surface area contributed by atoms with Gasteiger partial charge in [-0.1, -0.05) is 25.1 Å². The van der Waals surface area contributed by atoms with Gasteiger partial charge in [0.1, 0.15) is 18.2 Å². The number of fused-ring (bicyclic) bond motifs is 1. The molecule has 7 heteroatoms. The molecule has 7 nitrogen and oxygen atoms in total. The van der Waals surface area contributed by atoms with Crippen LogP contribution in [-0.2, 0) is 11.3 Å². The zero-order chi connectivity index (χ0) is 18.6. The standard InChI is InChI=1S/C20H20N6O/c1-2-17(26-12-6-11-24-26)20(27)22-13-15-7-5-10-21-19(15)25-14-23-16-8-3-4-9-18(16)25/h3-12,14,17H,2,13H2,1H3,(H,22,27). The maximum absolute atomic E-state index is 12.6. The van der Waals surface area contributed by atoms with E-state index in [2.05, 4.69) is 20.4 Å². The van der Waals surface area contributed by atoms with Crippen molar-refractivity contribution in [3.63, 3.8) is 0 Å². The fraction of sp³-hybridized carbons (Fsp3) is 0.200. The molecule has 0 aliphatic rings. The van der Waals surface area contributed by atoms with Crippen LogP contribution < -0.4 is 5.32 Å². The molecule has 0 saturated carbocycles. The van der Waals surface area contributed by atoms with Gasteiger partial charge < -0.3 is 5.32 Å². The molecule has 0 aliphatic heterocycles. The van der Waals surface area contributed by atoms with Crippen LogP contribution >= 0.6 is 0 Å². The molecule has 3 aromatic heterocycles. The topological polar surface area (TPSA) is 77.6 Å². The van der Waals surface area contributed by atoms with Crippen molar-refractivity contribution in [1.82, 2.24) is 29.6 Å². The van der Waals surface area contributed by atoms with Crippen LogP contribution in [0.25, 0.3) is 16.9 Å². The minimum absolute atomic E-state index is 0.0634. The number of para-hydroxylation sites is 2. The number of imidazole rings is 1. The van der Waals surface area contributed by atoms with E-state index < -0.39 is 0 Å². The number of carbonyl (C=O) groups is 1. The lowest BCUT2D eigenvalue weighted by molar-refractivity contribution is -0.124. The highest BCUT2D eigenvalue weighted by Gasteiger charge is 2.19. The Kier molecular flexibility index (Phi) is 4.65. The van der Waals surface area contributed by atoms with Gasteiger partial charge in [0.2, 0.25) is 5.91 Å². The van der Waals surface area contributed by atoms with Gasteiger partial charge >= 0.3 is 0 Å². The SMILES string of the molecule is CCC(C(=O)NCc1cccnc1-n1cnc2ccccc21)n1cccn1. The van der Waals surface area contributed by atoms with Gasteiger partial charge in [0.05, 0.1) is 11.0 Å². The summed E-state index contributed by atoms with van der Waals surface area (Å²) in [6.45, 7) is 2.35. The van der Waals surface area contributed by atoms with E-state index in [1.54, 1.807) is 29.6 Å². The second-order valence-electron chi connectivity index (χ2n) is 6.22. The predicted molar refractivity (Wildman–Crippen MR) is 102 cm³/mol. The van der Waals surface area contributed by atoms with Gasteiger partial charge in [0.15, 0.2) is 0 Å². The Morgan fingerprint density at radius 1 is 1.11 bits per heavy atom. The minimum atomic E-state index is -0.325. The normalized spacial score (nSPS) is 12.2. The van der Waals surface area contributed by atoms with Gasteiger partial charge in [-0.25, -0.2) is 9.97 Å². The van der Waals surface area contributed by atoms with E-state index in [1.807, 2.05) is 54.0 Å². The van der Waals surface area contributed by atoms with Gasteiger partial charge in [-0.3, -0.25) is 14.0 Å². The molecule has 1 amide bonds. The molecule has 0 saturated heterocycles. The average molecular weight is 360 g/mol. The maximum atomic E-state index is 12.6. The summed E-state index contributed by atoms with van der Waals surface area (Å²) >= 11 is 0. The molecule has 1 N–H and O–H groups in total. The van der Waals surface area contributed by atoms with E-state index >= 15 is 0 Å². The Bertz CT molecular complexity index is 1050.